The number of pyridine rings is 1. The number of carbonyl (C=O) groups excluding carboxylic acids is 1. The number of amides is 1. The second-order valence-corrected chi connectivity index (χ2v) is 6.26. The van der Waals surface area contributed by atoms with Gasteiger partial charge in [0.25, 0.3) is 0 Å². The smallest absolute Gasteiger partial charge is 0.221 e. The van der Waals surface area contributed by atoms with Crippen LogP contribution in [0.5, 0.6) is 17.4 Å². The van der Waals surface area contributed by atoms with E-state index in [1.54, 1.807) is 12.3 Å². The summed E-state index contributed by atoms with van der Waals surface area (Å²) in [7, 11) is 0. The highest BCUT2D eigenvalue weighted by molar-refractivity contribution is 5.76. The Hall–Kier alpha value is -2.60. The lowest BCUT2D eigenvalue weighted by atomic mass is 10.1. The largest absolute Gasteiger partial charge is 0.490 e. The van der Waals surface area contributed by atoms with Crippen LogP contribution >= 0.6 is 0 Å². The number of nitrogens with zero attached hydrogens (tertiary/aromatic N) is 1. The van der Waals surface area contributed by atoms with Gasteiger partial charge in [0.2, 0.25) is 11.8 Å². The average molecular weight is 355 g/mol. The molecule has 26 heavy (non-hydrogen) atoms. The Kier molecular flexibility index (Phi) is 6.44. The Morgan fingerprint density at radius 3 is 2.81 bits per heavy atom. The van der Waals surface area contributed by atoms with Crippen molar-refractivity contribution >= 4 is 5.91 Å². The van der Waals surface area contributed by atoms with Crippen LogP contribution in [0.4, 0.5) is 0 Å². The summed E-state index contributed by atoms with van der Waals surface area (Å²) >= 11 is 0. The van der Waals surface area contributed by atoms with Gasteiger partial charge in [-0.1, -0.05) is 18.2 Å². The summed E-state index contributed by atoms with van der Waals surface area (Å²) < 4.78 is 11.3. The number of rotatable bonds is 8. The highest BCUT2D eigenvalue weighted by atomic mass is 16.5. The molecule has 2 aromatic rings. The minimum absolute atomic E-state index is 0.0652. The van der Waals surface area contributed by atoms with Gasteiger partial charge in [0, 0.05) is 31.3 Å². The number of carbonyl (C=O) groups is 1. The lowest BCUT2D eigenvalue weighted by Crippen LogP contribution is -2.31. The predicted molar refractivity (Wildman–Crippen MR) is 99.4 cm³/mol. The summed E-state index contributed by atoms with van der Waals surface area (Å²) in [4.78, 5) is 16.3. The molecule has 2 N–H and O–H groups in total. The van der Waals surface area contributed by atoms with Crippen LogP contribution in [-0.2, 0) is 11.3 Å². The molecule has 3 rings (SSSR count). The fraction of sp³-hybridized carbons (Fsp3) is 0.400. The van der Waals surface area contributed by atoms with Crippen LogP contribution in [0.25, 0.3) is 0 Å². The van der Waals surface area contributed by atoms with Crippen LogP contribution in [0.2, 0.25) is 0 Å². The monoisotopic (exact) mass is 355 g/mol. The Labute approximate surface area is 153 Å². The van der Waals surface area contributed by atoms with Crippen LogP contribution in [0.15, 0.2) is 42.6 Å². The molecular weight excluding hydrogens is 330 g/mol. The number of hydrogen-bond donors (Lipinski definition) is 2. The molecule has 0 aliphatic carbocycles. The molecule has 1 unspecified atom stereocenters. The maximum Gasteiger partial charge on any atom is 0.221 e. The number of para-hydroxylation sites is 2. The first-order chi connectivity index (χ1) is 12.7. The van der Waals surface area contributed by atoms with E-state index in [-0.39, 0.29) is 5.91 Å². The van der Waals surface area contributed by atoms with Crippen molar-refractivity contribution in [3.05, 3.63) is 48.2 Å². The SMILES string of the molecule is CCOc1ccccc1Oc1ccc(CNC(=O)CC2CCCN2)cn1. The fourth-order valence-corrected chi connectivity index (χ4v) is 2.93. The molecule has 1 fully saturated rings. The van der Waals surface area contributed by atoms with E-state index in [2.05, 4.69) is 15.6 Å². The highest BCUT2D eigenvalue weighted by Gasteiger charge is 2.17. The molecule has 138 valence electrons. The van der Waals surface area contributed by atoms with Crippen molar-refractivity contribution < 1.29 is 14.3 Å². The number of ether oxygens (including phenoxy) is 2. The van der Waals surface area contributed by atoms with Gasteiger partial charge in [-0.2, -0.15) is 0 Å². The zero-order chi connectivity index (χ0) is 18.2. The van der Waals surface area contributed by atoms with Crippen LogP contribution in [-0.4, -0.2) is 30.1 Å². The molecule has 6 nitrogen and oxygen atoms in total. The molecule has 0 saturated carbocycles. The summed E-state index contributed by atoms with van der Waals surface area (Å²) in [5.74, 6) is 1.87. The second kappa shape index (κ2) is 9.20. The van der Waals surface area contributed by atoms with Crippen molar-refractivity contribution in [1.82, 2.24) is 15.6 Å². The molecule has 0 radical (unpaired) electrons. The second-order valence-electron chi connectivity index (χ2n) is 6.26. The van der Waals surface area contributed by atoms with Crippen molar-refractivity contribution in [2.75, 3.05) is 13.2 Å². The topological polar surface area (TPSA) is 72.5 Å². The molecular formula is C20H25N3O3. The zero-order valence-corrected chi connectivity index (χ0v) is 15.0. The van der Waals surface area contributed by atoms with Crippen molar-refractivity contribution in [2.45, 2.75) is 38.8 Å². The van der Waals surface area contributed by atoms with E-state index in [9.17, 15) is 4.79 Å². The van der Waals surface area contributed by atoms with Gasteiger partial charge in [0.1, 0.15) is 0 Å². The third kappa shape index (κ3) is 5.20. The first-order valence-corrected chi connectivity index (χ1v) is 9.09. The van der Waals surface area contributed by atoms with Crippen LogP contribution in [0.3, 0.4) is 0 Å². The number of aromatic nitrogens is 1. The van der Waals surface area contributed by atoms with Gasteiger partial charge in [-0.25, -0.2) is 4.98 Å². The molecule has 1 atom stereocenters. The van der Waals surface area contributed by atoms with E-state index in [0.29, 0.717) is 43.0 Å². The van der Waals surface area contributed by atoms with Crippen molar-refractivity contribution in [3.63, 3.8) is 0 Å². The lowest BCUT2D eigenvalue weighted by Gasteiger charge is -2.12. The molecule has 6 heteroatoms. The predicted octanol–water partition coefficient (Wildman–Crippen LogP) is 3.03. The summed E-state index contributed by atoms with van der Waals surface area (Å²) in [5.41, 5.74) is 0.933. The molecule has 1 aliphatic heterocycles. The van der Waals surface area contributed by atoms with Crippen molar-refractivity contribution in [1.29, 1.82) is 0 Å². The van der Waals surface area contributed by atoms with Crippen LogP contribution < -0.4 is 20.1 Å². The Bertz CT molecular complexity index is 712. The van der Waals surface area contributed by atoms with Gasteiger partial charge in [0.05, 0.1) is 6.61 Å². The van der Waals surface area contributed by atoms with Crippen molar-refractivity contribution in [3.8, 4) is 17.4 Å². The summed E-state index contributed by atoms with van der Waals surface area (Å²) in [6.07, 6.45) is 4.47. The van der Waals surface area contributed by atoms with Crippen molar-refractivity contribution in [2.24, 2.45) is 0 Å². The van der Waals surface area contributed by atoms with Gasteiger partial charge >= 0.3 is 0 Å². The van der Waals surface area contributed by atoms with Crippen LogP contribution in [0.1, 0.15) is 31.7 Å². The molecule has 1 aromatic heterocycles. The zero-order valence-electron chi connectivity index (χ0n) is 15.0. The summed E-state index contributed by atoms with van der Waals surface area (Å²) in [5, 5.41) is 6.27. The van der Waals surface area contributed by atoms with E-state index in [0.717, 1.165) is 24.9 Å². The molecule has 1 saturated heterocycles. The average Bonchev–Trinajstić information content (AvgIpc) is 3.16. The minimum Gasteiger partial charge on any atom is -0.490 e. The number of benzene rings is 1. The van der Waals surface area contributed by atoms with Gasteiger partial charge in [-0.15, -0.1) is 0 Å². The van der Waals surface area contributed by atoms with Gasteiger partial charge in [-0.05, 0) is 44.0 Å². The Morgan fingerprint density at radius 1 is 1.27 bits per heavy atom. The number of hydrogen-bond acceptors (Lipinski definition) is 5. The number of nitrogens with one attached hydrogen (secondary N) is 2. The van der Waals surface area contributed by atoms with Crippen LogP contribution in [0, 0.1) is 0 Å². The molecule has 1 aromatic carbocycles. The molecule has 1 amide bonds. The van der Waals surface area contributed by atoms with E-state index >= 15 is 0 Å². The standard InChI is InChI=1S/C20H25N3O3/c1-2-25-17-7-3-4-8-18(17)26-20-10-9-15(14-23-20)13-22-19(24)12-16-6-5-11-21-16/h3-4,7-10,14,16,21H,2,5-6,11-13H2,1H3,(H,22,24). The first-order valence-electron chi connectivity index (χ1n) is 9.09. The third-order valence-electron chi connectivity index (χ3n) is 4.24. The summed E-state index contributed by atoms with van der Waals surface area (Å²) in [6, 6.07) is 11.5. The maximum atomic E-state index is 12.0. The van der Waals surface area contributed by atoms with E-state index in [4.69, 9.17) is 9.47 Å². The fourth-order valence-electron chi connectivity index (χ4n) is 2.93. The first kappa shape index (κ1) is 18.2. The van der Waals surface area contributed by atoms with E-state index in [1.165, 1.54) is 0 Å². The van der Waals surface area contributed by atoms with Gasteiger partial charge in [0.15, 0.2) is 11.5 Å². The lowest BCUT2D eigenvalue weighted by molar-refractivity contribution is -0.121. The summed E-state index contributed by atoms with van der Waals surface area (Å²) in [6.45, 7) is 3.98. The molecule has 0 bridgehead atoms. The quantitative estimate of drug-likeness (QED) is 0.761. The van der Waals surface area contributed by atoms with Gasteiger partial charge < -0.3 is 20.1 Å². The Balaban J connectivity index is 1.51. The van der Waals surface area contributed by atoms with Gasteiger partial charge in [-0.3, -0.25) is 4.79 Å². The minimum atomic E-state index is 0.0652. The normalized spacial score (nSPS) is 16.3. The Morgan fingerprint density at radius 2 is 2.12 bits per heavy atom. The third-order valence-corrected chi connectivity index (χ3v) is 4.24. The molecule has 0 spiro atoms. The van der Waals surface area contributed by atoms with E-state index in [1.807, 2.05) is 37.3 Å². The molecule has 2 heterocycles. The molecule has 1 aliphatic rings. The maximum absolute atomic E-state index is 12.0. The van der Waals surface area contributed by atoms with E-state index < -0.39 is 0 Å². The highest BCUT2D eigenvalue weighted by Crippen LogP contribution is 2.30.